The number of ether oxygens (including phenoxy) is 1. The summed E-state index contributed by atoms with van der Waals surface area (Å²) in [7, 11) is 0. The largest absolute Gasteiger partial charge is 0.483 e. The standard InChI is InChI=1S/C24H24F3N7O3/c1-11(28)21(23(29)35)12(2)32-20-6-19(18(27)8-30-20)37-16-9-34(10-16)24(36)22-17(7-31-33-22)13-3-14(25)5-15(26)4-13/h3-6,8,16-17,28,31H,7,9-10H2,1-2H3,(H2,29,35)(H,30,32)/b21-12+,28-11?. The third kappa shape index (κ3) is 5.55. The Kier molecular flexibility index (Phi) is 7.14. The molecule has 1 aromatic heterocycles. The van der Waals surface area contributed by atoms with Gasteiger partial charge in [-0.1, -0.05) is 0 Å². The SMILES string of the molecule is CC(=N)/C(C(N)=O)=C(/C)Nc1cc(OC2CN(C(=O)C3=NNCC3c3cc(F)cc(F)c3)C2)c(F)cn1. The van der Waals surface area contributed by atoms with Crippen LogP contribution >= 0.6 is 0 Å². The molecule has 5 N–H and O–H groups in total. The van der Waals surface area contributed by atoms with Crippen LogP contribution in [0.1, 0.15) is 25.3 Å². The quantitative estimate of drug-likeness (QED) is 0.313. The first-order chi connectivity index (χ1) is 17.5. The number of benzene rings is 1. The summed E-state index contributed by atoms with van der Waals surface area (Å²) in [6, 6.07) is 4.37. The number of hydrazone groups is 1. The molecule has 2 aromatic rings. The number of hydrogen-bond acceptors (Lipinski definition) is 8. The molecule has 2 aliphatic heterocycles. The van der Waals surface area contributed by atoms with E-state index >= 15 is 0 Å². The molecule has 0 aliphatic carbocycles. The number of rotatable bonds is 8. The van der Waals surface area contributed by atoms with Crippen molar-refractivity contribution in [2.45, 2.75) is 25.9 Å². The van der Waals surface area contributed by atoms with Crippen molar-refractivity contribution in [3.63, 3.8) is 0 Å². The number of carbonyl (C=O) groups excluding carboxylic acids is 2. The van der Waals surface area contributed by atoms with Crippen molar-refractivity contribution in [3.8, 4) is 5.75 Å². The summed E-state index contributed by atoms with van der Waals surface area (Å²) < 4.78 is 47.4. The molecule has 194 valence electrons. The Balaban J connectivity index is 1.40. The van der Waals surface area contributed by atoms with E-state index in [4.69, 9.17) is 15.9 Å². The lowest BCUT2D eigenvalue weighted by molar-refractivity contribution is -0.132. The van der Waals surface area contributed by atoms with Gasteiger partial charge in [0.05, 0.1) is 30.8 Å². The minimum absolute atomic E-state index is 0.0228. The Labute approximate surface area is 209 Å². The number of pyridine rings is 1. The van der Waals surface area contributed by atoms with Gasteiger partial charge in [0.1, 0.15) is 29.3 Å². The van der Waals surface area contributed by atoms with E-state index in [1.54, 1.807) is 0 Å². The first-order valence-corrected chi connectivity index (χ1v) is 11.2. The van der Waals surface area contributed by atoms with Crippen molar-refractivity contribution in [3.05, 3.63) is 64.7 Å². The number of nitrogens with two attached hydrogens (primary N) is 1. The van der Waals surface area contributed by atoms with Crippen molar-refractivity contribution < 1.29 is 27.5 Å². The fourth-order valence-electron chi connectivity index (χ4n) is 4.15. The van der Waals surface area contributed by atoms with E-state index in [0.29, 0.717) is 5.56 Å². The van der Waals surface area contributed by atoms with Gasteiger partial charge in [-0.05, 0) is 31.5 Å². The molecular formula is C24H24F3N7O3. The van der Waals surface area contributed by atoms with E-state index in [1.165, 1.54) is 24.8 Å². The number of carbonyl (C=O) groups is 2. The lowest BCUT2D eigenvalue weighted by atomic mass is 9.93. The van der Waals surface area contributed by atoms with Crippen molar-refractivity contribution in [1.82, 2.24) is 15.3 Å². The van der Waals surface area contributed by atoms with Crippen LogP contribution < -0.4 is 21.2 Å². The summed E-state index contributed by atoms with van der Waals surface area (Å²) in [5, 5.41) is 14.5. The number of likely N-dealkylation sites (tertiary alicyclic amines) is 1. The number of amides is 2. The summed E-state index contributed by atoms with van der Waals surface area (Å²) in [4.78, 5) is 29.9. The van der Waals surface area contributed by atoms with E-state index in [9.17, 15) is 22.8 Å². The zero-order valence-electron chi connectivity index (χ0n) is 19.9. The molecule has 2 amide bonds. The van der Waals surface area contributed by atoms with Gasteiger partial charge in [-0.25, -0.2) is 18.2 Å². The highest BCUT2D eigenvalue weighted by Crippen LogP contribution is 2.27. The molecule has 13 heteroatoms. The molecule has 0 spiro atoms. The van der Waals surface area contributed by atoms with Gasteiger partial charge in [0, 0.05) is 30.1 Å². The number of anilines is 1. The van der Waals surface area contributed by atoms with E-state index in [2.05, 4.69) is 20.8 Å². The van der Waals surface area contributed by atoms with Crippen molar-refractivity contribution >= 4 is 29.1 Å². The first-order valence-electron chi connectivity index (χ1n) is 11.2. The molecule has 37 heavy (non-hydrogen) atoms. The Bertz CT molecular complexity index is 1300. The summed E-state index contributed by atoms with van der Waals surface area (Å²) in [5.74, 6) is -4.00. The summed E-state index contributed by atoms with van der Waals surface area (Å²) in [6.45, 7) is 3.45. The second-order valence-corrected chi connectivity index (χ2v) is 8.68. The first kappa shape index (κ1) is 25.7. The minimum Gasteiger partial charge on any atom is -0.483 e. The highest BCUT2D eigenvalue weighted by Gasteiger charge is 2.39. The van der Waals surface area contributed by atoms with Crippen LogP contribution in [0.4, 0.5) is 19.0 Å². The van der Waals surface area contributed by atoms with E-state index < -0.39 is 41.3 Å². The lowest BCUT2D eigenvalue weighted by Crippen LogP contribution is -2.58. The maximum atomic E-state index is 14.3. The highest BCUT2D eigenvalue weighted by molar-refractivity contribution is 6.41. The summed E-state index contributed by atoms with van der Waals surface area (Å²) >= 11 is 0. The third-order valence-corrected chi connectivity index (χ3v) is 5.89. The van der Waals surface area contributed by atoms with Gasteiger partial charge in [-0.15, -0.1) is 0 Å². The van der Waals surface area contributed by atoms with Gasteiger partial charge in [-0.2, -0.15) is 5.10 Å². The van der Waals surface area contributed by atoms with Gasteiger partial charge in [0.25, 0.3) is 11.8 Å². The zero-order chi connectivity index (χ0) is 26.9. The molecule has 0 saturated carbocycles. The molecule has 1 fully saturated rings. The van der Waals surface area contributed by atoms with E-state index in [-0.39, 0.29) is 53.9 Å². The molecule has 2 aliphatic rings. The maximum absolute atomic E-state index is 14.3. The maximum Gasteiger partial charge on any atom is 0.271 e. The number of nitrogens with one attached hydrogen (secondary N) is 3. The fourth-order valence-corrected chi connectivity index (χ4v) is 4.15. The molecule has 3 heterocycles. The molecular weight excluding hydrogens is 491 g/mol. The molecule has 1 atom stereocenters. The highest BCUT2D eigenvalue weighted by atomic mass is 19.1. The summed E-state index contributed by atoms with van der Waals surface area (Å²) in [6.07, 6.45) is 0.422. The monoisotopic (exact) mass is 515 g/mol. The van der Waals surface area contributed by atoms with Gasteiger partial charge >= 0.3 is 0 Å². The van der Waals surface area contributed by atoms with Crippen LogP contribution in [0.3, 0.4) is 0 Å². The topological polar surface area (TPSA) is 146 Å². The van der Waals surface area contributed by atoms with Crippen LogP contribution in [-0.4, -0.2) is 58.9 Å². The predicted molar refractivity (Wildman–Crippen MR) is 129 cm³/mol. The van der Waals surface area contributed by atoms with Crippen LogP contribution in [0.25, 0.3) is 0 Å². The van der Waals surface area contributed by atoms with Gasteiger partial charge in [0.2, 0.25) is 0 Å². The average molecular weight is 515 g/mol. The second-order valence-electron chi connectivity index (χ2n) is 8.68. The number of halogens is 3. The van der Waals surface area contributed by atoms with Crippen molar-refractivity contribution in [2.24, 2.45) is 10.8 Å². The second kappa shape index (κ2) is 10.3. The smallest absolute Gasteiger partial charge is 0.271 e. The Morgan fingerprint density at radius 3 is 2.46 bits per heavy atom. The van der Waals surface area contributed by atoms with Crippen molar-refractivity contribution in [1.29, 1.82) is 5.41 Å². The van der Waals surface area contributed by atoms with Gasteiger partial charge in [-0.3, -0.25) is 9.59 Å². The van der Waals surface area contributed by atoms with Gasteiger partial charge in [0.15, 0.2) is 11.6 Å². The van der Waals surface area contributed by atoms with Gasteiger partial charge < -0.3 is 31.5 Å². The molecule has 4 rings (SSSR count). The Morgan fingerprint density at radius 1 is 1.16 bits per heavy atom. The van der Waals surface area contributed by atoms with Crippen LogP contribution in [0.2, 0.25) is 0 Å². The lowest BCUT2D eigenvalue weighted by Gasteiger charge is -2.39. The molecule has 1 aromatic carbocycles. The summed E-state index contributed by atoms with van der Waals surface area (Å²) in [5.41, 5.74) is 8.64. The van der Waals surface area contributed by atoms with E-state index in [1.807, 2.05) is 0 Å². The third-order valence-electron chi connectivity index (χ3n) is 5.89. The van der Waals surface area contributed by atoms with Crippen LogP contribution in [0.5, 0.6) is 5.75 Å². The Morgan fingerprint density at radius 2 is 1.84 bits per heavy atom. The number of aromatic nitrogens is 1. The molecule has 0 bridgehead atoms. The zero-order valence-corrected chi connectivity index (χ0v) is 19.9. The van der Waals surface area contributed by atoms with Crippen LogP contribution in [0.15, 0.2) is 46.8 Å². The minimum atomic E-state index is -0.790. The molecule has 10 nitrogen and oxygen atoms in total. The van der Waals surface area contributed by atoms with E-state index in [0.717, 1.165) is 24.4 Å². The number of allylic oxidation sites excluding steroid dienone is 1. The number of primary amides is 1. The normalized spacial score (nSPS) is 17.8. The van der Waals surface area contributed by atoms with Crippen LogP contribution in [0, 0.1) is 22.9 Å². The number of nitrogens with zero attached hydrogens (tertiary/aromatic N) is 3. The van der Waals surface area contributed by atoms with Crippen LogP contribution in [-0.2, 0) is 9.59 Å². The fraction of sp³-hybridized carbons (Fsp3) is 0.292. The number of hydrogen-bond donors (Lipinski definition) is 4. The van der Waals surface area contributed by atoms with Crippen molar-refractivity contribution in [2.75, 3.05) is 25.0 Å². The average Bonchev–Trinajstić information content (AvgIpc) is 3.26. The predicted octanol–water partition coefficient (Wildman–Crippen LogP) is 2.04. The molecule has 1 saturated heterocycles. The Hall–Kier alpha value is -4.42. The molecule has 1 unspecified atom stereocenters. The molecule has 0 radical (unpaired) electrons.